The van der Waals surface area contributed by atoms with Crippen molar-refractivity contribution in [2.24, 2.45) is 11.8 Å². The van der Waals surface area contributed by atoms with Crippen molar-refractivity contribution < 1.29 is 9.59 Å². The molecule has 0 saturated heterocycles. The van der Waals surface area contributed by atoms with Gasteiger partial charge in [0.25, 0.3) is 0 Å². The standard InChI is InChI=1S/C25H35N3O2/c1-4-19-21-22(24(30)20(5-2)23(19)29)28(15-17-13-11-16(3)12-14-17)25(27-21)26-18-9-7-6-8-10-18/h11-14,18-20,25-27H,4-10,15H2,1-3H3. The minimum Gasteiger partial charge on any atom is -0.354 e. The first kappa shape index (κ1) is 21.1. The van der Waals surface area contributed by atoms with Crippen LogP contribution in [0.5, 0.6) is 0 Å². The lowest BCUT2D eigenvalue weighted by Gasteiger charge is -2.34. The SMILES string of the molecule is CCC1C(=O)C2=C(NC(NC3CCCCC3)N2Cc2ccc(C)cc2)C(CC)C1=O. The first-order valence-electron chi connectivity index (χ1n) is 11.7. The quantitative estimate of drug-likeness (QED) is 0.695. The minimum absolute atomic E-state index is 0.00486. The number of Topliss-reactive ketones (excluding diaryl/α,β-unsaturated/α-hetero) is 2. The van der Waals surface area contributed by atoms with Crippen molar-refractivity contribution in [2.45, 2.75) is 84.6 Å². The van der Waals surface area contributed by atoms with Crippen LogP contribution in [0.3, 0.4) is 0 Å². The lowest BCUT2D eigenvalue weighted by molar-refractivity contribution is -0.135. The van der Waals surface area contributed by atoms with Crippen LogP contribution in [0, 0.1) is 18.8 Å². The molecule has 0 spiro atoms. The molecular weight excluding hydrogens is 374 g/mol. The van der Waals surface area contributed by atoms with Gasteiger partial charge in [0.05, 0.1) is 17.5 Å². The lowest BCUT2D eigenvalue weighted by Crippen LogP contribution is -2.53. The summed E-state index contributed by atoms with van der Waals surface area (Å²) in [6, 6.07) is 8.96. The number of hydrogen-bond donors (Lipinski definition) is 2. The van der Waals surface area contributed by atoms with Gasteiger partial charge in [0, 0.05) is 12.6 Å². The van der Waals surface area contributed by atoms with Crippen LogP contribution in [0.2, 0.25) is 0 Å². The zero-order valence-corrected chi connectivity index (χ0v) is 18.5. The van der Waals surface area contributed by atoms with Crippen LogP contribution in [0.1, 0.15) is 69.9 Å². The highest BCUT2D eigenvalue weighted by molar-refractivity contribution is 6.15. The van der Waals surface area contributed by atoms with Gasteiger partial charge in [-0.15, -0.1) is 0 Å². The summed E-state index contributed by atoms with van der Waals surface area (Å²) in [4.78, 5) is 28.6. The maximum absolute atomic E-state index is 13.4. The topological polar surface area (TPSA) is 61.4 Å². The van der Waals surface area contributed by atoms with Crippen LogP contribution >= 0.6 is 0 Å². The Morgan fingerprint density at radius 2 is 1.67 bits per heavy atom. The number of rotatable bonds is 6. The molecule has 3 unspecified atom stereocenters. The summed E-state index contributed by atoms with van der Waals surface area (Å²) in [5.41, 5.74) is 3.99. The number of nitrogens with zero attached hydrogens (tertiary/aromatic N) is 1. The predicted octanol–water partition coefficient (Wildman–Crippen LogP) is 4.02. The highest BCUT2D eigenvalue weighted by atomic mass is 16.2. The first-order chi connectivity index (χ1) is 14.5. The van der Waals surface area contributed by atoms with Crippen LogP contribution < -0.4 is 10.6 Å². The van der Waals surface area contributed by atoms with E-state index in [0.717, 1.165) is 17.8 Å². The summed E-state index contributed by atoms with van der Waals surface area (Å²) < 4.78 is 0. The van der Waals surface area contributed by atoms with Crippen molar-refractivity contribution >= 4 is 11.6 Å². The largest absolute Gasteiger partial charge is 0.354 e. The molecule has 2 N–H and O–H groups in total. The van der Waals surface area contributed by atoms with Crippen LogP contribution in [0.25, 0.3) is 0 Å². The van der Waals surface area contributed by atoms with Gasteiger partial charge in [-0.05, 0) is 38.2 Å². The average molecular weight is 410 g/mol. The third-order valence-electron chi connectivity index (χ3n) is 7.02. The second kappa shape index (κ2) is 8.93. The van der Waals surface area contributed by atoms with Gasteiger partial charge in [0.1, 0.15) is 5.70 Å². The molecule has 1 aromatic rings. The average Bonchev–Trinajstić information content (AvgIpc) is 3.09. The van der Waals surface area contributed by atoms with Crippen molar-refractivity contribution in [2.75, 3.05) is 0 Å². The molecule has 5 heteroatoms. The highest BCUT2D eigenvalue weighted by Crippen LogP contribution is 2.38. The molecule has 0 bridgehead atoms. The zero-order valence-electron chi connectivity index (χ0n) is 18.5. The van der Waals surface area contributed by atoms with E-state index in [1.165, 1.54) is 43.2 Å². The highest BCUT2D eigenvalue weighted by Gasteiger charge is 2.48. The Balaban J connectivity index is 1.67. The van der Waals surface area contributed by atoms with E-state index in [9.17, 15) is 9.59 Å². The second-order valence-electron chi connectivity index (χ2n) is 9.11. The van der Waals surface area contributed by atoms with E-state index in [2.05, 4.69) is 46.7 Å². The molecular formula is C25H35N3O2. The van der Waals surface area contributed by atoms with Gasteiger partial charge in [-0.3, -0.25) is 14.9 Å². The first-order valence-corrected chi connectivity index (χ1v) is 11.7. The van der Waals surface area contributed by atoms with Crippen molar-refractivity contribution in [3.63, 3.8) is 0 Å². The van der Waals surface area contributed by atoms with E-state index in [0.29, 0.717) is 19.0 Å². The monoisotopic (exact) mass is 409 g/mol. The number of benzene rings is 1. The molecule has 3 atom stereocenters. The van der Waals surface area contributed by atoms with Crippen molar-refractivity contribution in [1.29, 1.82) is 0 Å². The van der Waals surface area contributed by atoms with Crippen molar-refractivity contribution in [3.05, 3.63) is 46.8 Å². The van der Waals surface area contributed by atoms with E-state index in [4.69, 9.17) is 0 Å². The van der Waals surface area contributed by atoms with Crippen LogP contribution in [0.4, 0.5) is 0 Å². The van der Waals surface area contributed by atoms with E-state index < -0.39 is 5.92 Å². The summed E-state index contributed by atoms with van der Waals surface area (Å²) in [6.07, 6.45) is 7.31. The van der Waals surface area contributed by atoms with Crippen LogP contribution in [-0.2, 0) is 16.1 Å². The third-order valence-corrected chi connectivity index (χ3v) is 7.02. The van der Waals surface area contributed by atoms with Gasteiger partial charge in [-0.25, -0.2) is 0 Å². The smallest absolute Gasteiger partial charge is 0.191 e. The van der Waals surface area contributed by atoms with Gasteiger partial charge in [-0.1, -0.05) is 62.9 Å². The summed E-state index contributed by atoms with van der Waals surface area (Å²) >= 11 is 0. The van der Waals surface area contributed by atoms with Gasteiger partial charge in [0.2, 0.25) is 0 Å². The number of carbonyl (C=O) groups is 2. The van der Waals surface area contributed by atoms with Crippen LogP contribution in [-0.4, -0.2) is 28.8 Å². The minimum atomic E-state index is -0.510. The van der Waals surface area contributed by atoms with Gasteiger partial charge < -0.3 is 10.2 Å². The molecule has 1 fully saturated rings. The number of carbonyl (C=O) groups excluding carboxylic acids is 2. The van der Waals surface area contributed by atoms with Gasteiger partial charge in [-0.2, -0.15) is 0 Å². The van der Waals surface area contributed by atoms with Crippen LogP contribution in [0.15, 0.2) is 35.7 Å². The molecule has 5 nitrogen and oxygen atoms in total. The molecule has 4 rings (SSSR count). The summed E-state index contributed by atoms with van der Waals surface area (Å²) in [5.74, 6) is -0.634. The fraction of sp³-hybridized carbons (Fsp3) is 0.600. The van der Waals surface area contributed by atoms with E-state index in [1.807, 2.05) is 13.8 Å². The Bertz CT molecular complexity index is 823. The molecule has 0 radical (unpaired) electrons. The normalized spacial score (nSPS) is 27.4. The van der Waals surface area contributed by atoms with Gasteiger partial charge >= 0.3 is 0 Å². The van der Waals surface area contributed by atoms with E-state index in [-0.39, 0.29) is 23.8 Å². The fourth-order valence-electron chi connectivity index (χ4n) is 5.27. The molecule has 1 heterocycles. The third kappa shape index (κ3) is 3.92. The molecule has 2 aliphatic carbocycles. The number of aryl methyl sites for hydroxylation is 1. The number of hydrogen-bond acceptors (Lipinski definition) is 5. The molecule has 162 valence electrons. The molecule has 1 aromatic carbocycles. The zero-order chi connectivity index (χ0) is 21.3. The number of nitrogens with one attached hydrogen (secondary N) is 2. The molecule has 1 aliphatic heterocycles. The Labute approximate surface area is 180 Å². The Kier molecular flexibility index (Phi) is 6.28. The molecule has 1 saturated carbocycles. The Hall–Kier alpha value is -2.14. The summed E-state index contributed by atoms with van der Waals surface area (Å²) in [6.45, 7) is 6.74. The maximum atomic E-state index is 13.4. The predicted molar refractivity (Wildman–Crippen MR) is 118 cm³/mol. The van der Waals surface area contributed by atoms with Gasteiger partial charge in [0.15, 0.2) is 17.9 Å². The summed E-state index contributed by atoms with van der Waals surface area (Å²) in [7, 11) is 0. The molecule has 0 aromatic heterocycles. The summed E-state index contributed by atoms with van der Waals surface area (Å²) in [5, 5.41) is 7.36. The van der Waals surface area contributed by atoms with Crippen molar-refractivity contribution in [3.8, 4) is 0 Å². The van der Waals surface area contributed by atoms with Crippen molar-refractivity contribution in [1.82, 2.24) is 15.5 Å². The number of ketones is 2. The fourth-order valence-corrected chi connectivity index (χ4v) is 5.27. The Morgan fingerprint density at radius 1 is 1.00 bits per heavy atom. The maximum Gasteiger partial charge on any atom is 0.191 e. The molecule has 0 amide bonds. The lowest BCUT2D eigenvalue weighted by atomic mass is 9.78. The second-order valence-corrected chi connectivity index (χ2v) is 9.11. The molecule has 3 aliphatic rings. The number of allylic oxidation sites excluding steroid dienone is 2. The van der Waals surface area contributed by atoms with E-state index >= 15 is 0 Å². The Morgan fingerprint density at radius 3 is 2.30 bits per heavy atom. The van der Waals surface area contributed by atoms with E-state index in [1.54, 1.807) is 0 Å². The molecule has 30 heavy (non-hydrogen) atoms.